The number of esters is 1. The maximum atomic E-state index is 12.7. The van der Waals surface area contributed by atoms with Gasteiger partial charge in [-0.05, 0) is 24.8 Å². The van der Waals surface area contributed by atoms with Gasteiger partial charge in [0, 0.05) is 10.9 Å². The van der Waals surface area contributed by atoms with Crippen molar-refractivity contribution in [2.75, 3.05) is 12.4 Å². The van der Waals surface area contributed by atoms with Crippen LogP contribution < -0.4 is 0 Å². The summed E-state index contributed by atoms with van der Waals surface area (Å²) in [5.74, 6) is -0.569. The van der Waals surface area contributed by atoms with Gasteiger partial charge in [-0.2, -0.15) is 0 Å². The molecule has 4 heteroatoms. The van der Waals surface area contributed by atoms with Gasteiger partial charge in [0.2, 0.25) is 0 Å². The molecule has 0 aromatic heterocycles. The summed E-state index contributed by atoms with van der Waals surface area (Å²) in [4.78, 5) is 24.7. The summed E-state index contributed by atoms with van der Waals surface area (Å²) < 4.78 is 4.84. The summed E-state index contributed by atoms with van der Waals surface area (Å²) in [5.41, 5.74) is 0.607. The molecule has 18 heavy (non-hydrogen) atoms. The van der Waals surface area contributed by atoms with E-state index in [-0.39, 0.29) is 5.78 Å². The van der Waals surface area contributed by atoms with Crippen LogP contribution in [0.4, 0.5) is 0 Å². The number of alkyl halides is 1. The number of carbonyl (C=O) groups excluding carboxylic acids is 2. The van der Waals surface area contributed by atoms with E-state index in [2.05, 4.69) is 15.9 Å². The quantitative estimate of drug-likeness (QED) is 0.365. The van der Waals surface area contributed by atoms with Crippen molar-refractivity contribution in [3.63, 3.8) is 0 Å². The molecule has 0 aliphatic heterocycles. The molecule has 1 aromatic carbocycles. The van der Waals surface area contributed by atoms with Crippen LogP contribution in [0, 0.1) is 5.41 Å². The number of methoxy groups -OCH3 is 1. The van der Waals surface area contributed by atoms with E-state index in [1.54, 1.807) is 6.07 Å². The highest BCUT2D eigenvalue weighted by Crippen LogP contribution is 2.37. The van der Waals surface area contributed by atoms with Crippen molar-refractivity contribution in [1.29, 1.82) is 0 Å². The minimum Gasteiger partial charge on any atom is -0.468 e. The molecule has 0 radical (unpaired) electrons. The number of Topliss-reactive ketones (excluding diaryl/α,β-unsaturated/α-hetero) is 1. The molecular weight excluding hydrogens is 296 g/mol. The minimum atomic E-state index is -1.07. The molecule has 1 aliphatic carbocycles. The van der Waals surface area contributed by atoms with Crippen LogP contribution in [0.25, 0.3) is 0 Å². The molecule has 0 spiro atoms. The normalized spacial score (nSPS) is 23.1. The highest BCUT2D eigenvalue weighted by Gasteiger charge is 2.47. The van der Waals surface area contributed by atoms with E-state index in [1.807, 2.05) is 18.2 Å². The fourth-order valence-electron chi connectivity index (χ4n) is 2.48. The predicted octanol–water partition coefficient (Wildman–Crippen LogP) is 2.76. The SMILES string of the molecule is COC(=O)C1(CBr)CCCc2ccccc2C1=O. The molecule has 96 valence electrons. The summed E-state index contributed by atoms with van der Waals surface area (Å²) in [5, 5.41) is 0.305. The van der Waals surface area contributed by atoms with Gasteiger partial charge in [0.15, 0.2) is 5.78 Å². The molecule has 0 saturated carbocycles. The molecular formula is C14H15BrO3. The highest BCUT2D eigenvalue weighted by molar-refractivity contribution is 9.09. The van der Waals surface area contributed by atoms with Gasteiger partial charge in [-0.15, -0.1) is 0 Å². The van der Waals surface area contributed by atoms with Gasteiger partial charge in [0.25, 0.3) is 0 Å². The van der Waals surface area contributed by atoms with Gasteiger partial charge in [0.1, 0.15) is 5.41 Å². The Morgan fingerprint density at radius 3 is 2.83 bits per heavy atom. The summed E-state index contributed by atoms with van der Waals surface area (Å²) in [6.07, 6.45) is 2.16. The van der Waals surface area contributed by atoms with E-state index >= 15 is 0 Å². The molecule has 0 saturated heterocycles. The second kappa shape index (κ2) is 5.22. The Balaban J connectivity index is 2.52. The Morgan fingerprint density at radius 2 is 2.17 bits per heavy atom. The molecule has 1 aliphatic rings. The van der Waals surface area contributed by atoms with E-state index in [1.165, 1.54) is 7.11 Å². The van der Waals surface area contributed by atoms with Crippen LogP contribution in [0.5, 0.6) is 0 Å². The van der Waals surface area contributed by atoms with Crippen molar-refractivity contribution in [3.05, 3.63) is 35.4 Å². The van der Waals surface area contributed by atoms with E-state index in [0.29, 0.717) is 17.3 Å². The Bertz CT molecular complexity index is 484. The van der Waals surface area contributed by atoms with Gasteiger partial charge in [0.05, 0.1) is 7.11 Å². The van der Waals surface area contributed by atoms with Crippen molar-refractivity contribution in [1.82, 2.24) is 0 Å². The van der Waals surface area contributed by atoms with Crippen LogP contribution in [-0.2, 0) is 16.0 Å². The van der Waals surface area contributed by atoms with Gasteiger partial charge < -0.3 is 4.74 Å². The maximum Gasteiger partial charge on any atom is 0.320 e. The first-order valence-corrected chi connectivity index (χ1v) is 7.05. The smallest absolute Gasteiger partial charge is 0.320 e. The highest BCUT2D eigenvalue weighted by atomic mass is 79.9. The third-order valence-electron chi connectivity index (χ3n) is 3.55. The lowest BCUT2D eigenvalue weighted by Crippen LogP contribution is -2.41. The number of hydrogen-bond donors (Lipinski definition) is 0. The van der Waals surface area contributed by atoms with Crippen molar-refractivity contribution in [3.8, 4) is 0 Å². The van der Waals surface area contributed by atoms with Crippen LogP contribution in [0.15, 0.2) is 24.3 Å². The molecule has 0 bridgehead atoms. The Morgan fingerprint density at radius 1 is 1.44 bits per heavy atom. The van der Waals surface area contributed by atoms with Gasteiger partial charge >= 0.3 is 5.97 Å². The first-order valence-electron chi connectivity index (χ1n) is 5.93. The lowest BCUT2D eigenvalue weighted by molar-refractivity contribution is -0.148. The second-order valence-electron chi connectivity index (χ2n) is 4.55. The Hall–Kier alpha value is -1.16. The summed E-state index contributed by atoms with van der Waals surface area (Å²) in [6.45, 7) is 0. The first-order chi connectivity index (χ1) is 8.65. The minimum absolute atomic E-state index is 0.126. The molecule has 0 heterocycles. The van der Waals surface area contributed by atoms with Crippen LogP contribution in [0.3, 0.4) is 0 Å². The van der Waals surface area contributed by atoms with Crippen LogP contribution in [0.2, 0.25) is 0 Å². The zero-order valence-corrected chi connectivity index (χ0v) is 11.8. The Kier molecular flexibility index (Phi) is 3.85. The number of halogens is 1. The molecule has 2 rings (SSSR count). The van der Waals surface area contributed by atoms with Crippen LogP contribution >= 0.6 is 15.9 Å². The summed E-state index contributed by atoms with van der Waals surface area (Å²) in [7, 11) is 1.33. The fraction of sp³-hybridized carbons (Fsp3) is 0.429. The van der Waals surface area contributed by atoms with E-state index in [0.717, 1.165) is 18.4 Å². The van der Waals surface area contributed by atoms with Gasteiger partial charge in [-0.1, -0.05) is 40.2 Å². The standard InChI is InChI=1S/C14H15BrO3/c1-18-13(17)14(9-15)8-4-6-10-5-2-3-7-11(10)12(14)16/h2-3,5,7H,4,6,8-9H2,1H3. The number of fused-ring (bicyclic) bond motifs is 1. The molecule has 0 fully saturated rings. The third-order valence-corrected chi connectivity index (χ3v) is 4.51. The lowest BCUT2D eigenvalue weighted by atomic mass is 9.80. The fourth-order valence-corrected chi connectivity index (χ4v) is 3.25. The largest absolute Gasteiger partial charge is 0.468 e. The van der Waals surface area contributed by atoms with Crippen molar-refractivity contribution < 1.29 is 14.3 Å². The first kappa shape index (κ1) is 13.3. The predicted molar refractivity (Wildman–Crippen MR) is 72.0 cm³/mol. The van der Waals surface area contributed by atoms with Gasteiger partial charge in [-0.25, -0.2) is 0 Å². The zero-order valence-electron chi connectivity index (χ0n) is 10.2. The molecule has 1 unspecified atom stereocenters. The molecule has 1 atom stereocenters. The molecule has 1 aromatic rings. The average Bonchev–Trinajstić information content (AvgIpc) is 2.56. The van der Waals surface area contributed by atoms with Crippen LogP contribution in [0.1, 0.15) is 28.8 Å². The number of ether oxygens (including phenoxy) is 1. The lowest BCUT2D eigenvalue weighted by Gasteiger charge is -2.26. The van der Waals surface area contributed by atoms with Crippen molar-refractivity contribution in [2.24, 2.45) is 5.41 Å². The third kappa shape index (κ3) is 1.99. The van der Waals surface area contributed by atoms with Crippen molar-refractivity contribution in [2.45, 2.75) is 19.3 Å². The summed E-state index contributed by atoms with van der Waals surface area (Å²) in [6, 6.07) is 7.50. The topological polar surface area (TPSA) is 43.4 Å². The number of rotatable bonds is 2. The second-order valence-corrected chi connectivity index (χ2v) is 5.11. The van der Waals surface area contributed by atoms with E-state index < -0.39 is 11.4 Å². The number of carbonyl (C=O) groups is 2. The van der Waals surface area contributed by atoms with E-state index in [9.17, 15) is 9.59 Å². The van der Waals surface area contributed by atoms with Crippen LogP contribution in [-0.4, -0.2) is 24.2 Å². The van der Waals surface area contributed by atoms with E-state index in [4.69, 9.17) is 4.74 Å². The number of ketones is 1. The summed E-state index contributed by atoms with van der Waals surface area (Å²) >= 11 is 3.31. The number of hydrogen-bond acceptors (Lipinski definition) is 3. The molecule has 0 N–H and O–H groups in total. The van der Waals surface area contributed by atoms with Gasteiger partial charge in [-0.3, -0.25) is 9.59 Å². The molecule has 3 nitrogen and oxygen atoms in total. The average molecular weight is 311 g/mol. The zero-order chi connectivity index (χ0) is 13.2. The number of benzene rings is 1. The molecule has 0 amide bonds. The maximum absolute atomic E-state index is 12.7. The monoisotopic (exact) mass is 310 g/mol. The number of aryl methyl sites for hydroxylation is 1. The Labute approximate surface area is 115 Å². The van der Waals surface area contributed by atoms with Crippen molar-refractivity contribution >= 4 is 27.7 Å².